The van der Waals surface area contributed by atoms with Crippen molar-refractivity contribution in [1.29, 1.82) is 0 Å². The molecule has 2 aliphatic carbocycles. The molecule has 5 rings (SSSR count). The second kappa shape index (κ2) is 5.44. The first kappa shape index (κ1) is 16.1. The zero-order valence-corrected chi connectivity index (χ0v) is 15.1. The van der Waals surface area contributed by atoms with Gasteiger partial charge in [-0.1, -0.05) is 23.4 Å². The van der Waals surface area contributed by atoms with Crippen LogP contribution in [0.25, 0.3) is 0 Å². The van der Waals surface area contributed by atoms with Crippen molar-refractivity contribution in [2.45, 2.75) is 23.6 Å². The number of anilines is 1. The number of carbonyl (C=O) groups excluding carboxylic acids is 1. The first-order chi connectivity index (χ1) is 12.5. The van der Waals surface area contributed by atoms with Crippen molar-refractivity contribution >= 4 is 40.1 Å². The van der Waals surface area contributed by atoms with E-state index in [2.05, 4.69) is 15.3 Å². The van der Waals surface area contributed by atoms with Gasteiger partial charge in [-0.05, 0) is 41.8 Å². The van der Waals surface area contributed by atoms with E-state index in [9.17, 15) is 9.18 Å². The van der Waals surface area contributed by atoms with E-state index in [-0.39, 0.29) is 11.5 Å². The number of hydrogen-bond donors (Lipinski definition) is 2. The number of amidine groups is 1. The van der Waals surface area contributed by atoms with Gasteiger partial charge in [0.15, 0.2) is 5.17 Å². The molecule has 8 heteroatoms. The summed E-state index contributed by atoms with van der Waals surface area (Å²) in [7, 11) is 0. The van der Waals surface area contributed by atoms with Crippen molar-refractivity contribution in [3.8, 4) is 0 Å². The quantitative estimate of drug-likeness (QED) is 0.826. The molecule has 3 N–H and O–H groups in total. The molecule has 0 saturated heterocycles. The van der Waals surface area contributed by atoms with Gasteiger partial charge in [-0.25, -0.2) is 9.37 Å². The smallest absolute Gasteiger partial charge is 0.274 e. The second-order valence-corrected chi connectivity index (χ2v) is 8.55. The summed E-state index contributed by atoms with van der Waals surface area (Å²) in [6.07, 6.45) is 3.01. The van der Waals surface area contributed by atoms with Crippen LogP contribution in [0.2, 0.25) is 5.02 Å². The molecule has 1 spiro atoms. The molecule has 1 saturated carbocycles. The number of nitrogens with two attached hydrogens (primary N) is 1. The van der Waals surface area contributed by atoms with Crippen molar-refractivity contribution in [1.82, 2.24) is 4.98 Å². The normalized spacial score (nSPS) is 27.8. The van der Waals surface area contributed by atoms with E-state index >= 15 is 0 Å². The van der Waals surface area contributed by atoms with Crippen LogP contribution in [0.1, 0.15) is 28.0 Å². The summed E-state index contributed by atoms with van der Waals surface area (Å²) in [5.74, 6) is -0.340. The standard InChI is InChI=1S/C18H14ClFN4OS/c19-8-1-2-14(22-7-8)16(25)23-9-3-11-10(13(20)4-9)6-18(11)12-5-15(12)26-17(21)24-18/h1-4,7,12,15H,5-6H2,(H2,21,24)(H,23,25)/t12-,15+,18-/m1/s1. The van der Waals surface area contributed by atoms with E-state index in [0.717, 1.165) is 12.0 Å². The van der Waals surface area contributed by atoms with Crippen LogP contribution in [-0.2, 0) is 12.0 Å². The molecule has 26 heavy (non-hydrogen) atoms. The van der Waals surface area contributed by atoms with Crippen LogP contribution in [0.15, 0.2) is 35.5 Å². The van der Waals surface area contributed by atoms with E-state index in [0.29, 0.717) is 39.0 Å². The fraction of sp³-hybridized carbons (Fsp3) is 0.278. The van der Waals surface area contributed by atoms with Gasteiger partial charge in [0, 0.05) is 29.5 Å². The first-order valence-electron chi connectivity index (χ1n) is 8.24. The summed E-state index contributed by atoms with van der Waals surface area (Å²) in [5.41, 5.74) is 7.67. The topological polar surface area (TPSA) is 80.4 Å². The highest BCUT2D eigenvalue weighted by molar-refractivity contribution is 8.14. The summed E-state index contributed by atoms with van der Waals surface area (Å²) in [6, 6.07) is 6.27. The number of amides is 1. The van der Waals surface area contributed by atoms with E-state index in [4.69, 9.17) is 17.3 Å². The number of hydrogen-bond acceptors (Lipinski definition) is 5. The number of halogens is 2. The first-order valence-corrected chi connectivity index (χ1v) is 9.50. The van der Waals surface area contributed by atoms with Crippen molar-refractivity contribution < 1.29 is 9.18 Å². The van der Waals surface area contributed by atoms with E-state index in [1.165, 1.54) is 18.3 Å². The molecule has 3 atom stereocenters. The Labute approximate surface area is 158 Å². The molecule has 132 valence electrons. The lowest BCUT2D eigenvalue weighted by Crippen LogP contribution is -2.44. The molecule has 1 aromatic carbocycles. The third kappa shape index (κ3) is 2.34. The predicted octanol–water partition coefficient (Wildman–Crippen LogP) is 3.33. The Balaban J connectivity index is 1.47. The Hall–Kier alpha value is -2.12. The summed E-state index contributed by atoms with van der Waals surface area (Å²) in [5, 5.41) is 4.19. The van der Waals surface area contributed by atoms with Crippen LogP contribution >= 0.6 is 23.4 Å². The largest absolute Gasteiger partial charge is 0.379 e. The van der Waals surface area contributed by atoms with Gasteiger partial charge >= 0.3 is 0 Å². The van der Waals surface area contributed by atoms with Gasteiger partial charge in [0.05, 0.1) is 10.6 Å². The number of aliphatic imine (C=N–C) groups is 1. The number of nitrogens with one attached hydrogen (secondary N) is 1. The average molecular weight is 389 g/mol. The van der Waals surface area contributed by atoms with Crippen molar-refractivity contribution in [2.24, 2.45) is 16.6 Å². The van der Waals surface area contributed by atoms with E-state index < -0.39 is 11.4 Å². The fourth-order valence-electron chi connectivity index (χ4n) is 3.93. The summed E-state index contributed by atoms with van der Waals surface area (Å²) in [4.78, 5) is 21.0. The van der Waals surface area contributed by atoms with E-state index in [1.54, 1.807) is 17.8 Å². The molecule has 1 aliphatic heterocycles. The molecule has 1 amide bonds. The highest BCUT2D eigenvalue weighted by atomic mass is 35.5. The average Bonchev–Trinajstić information content (AvgIpc) is 3.36. The molecule has 2 aromatic rings. The van der Waals surface area contributed by atoms with Crippen LogP contribution in [0.4, 0.5) is 10.1 Å². The highest BCUT2D eigenvalue weighted by Crippen LogP contribution is 2.63. The van der Waals surface area contributed by atoms with Crippen LogP contribution in [0.3, 0.4) is 0 Å². The molecule has 3 aliphatic rings. The van der Waals surface area contributed by atoms with Gasteiger partial charge in [0.1, 0.15) is 11.5 Å². The number of nitrogens with zero attached hydrogens (tertiary/aromatic N) is 2. The summed E-state index contributed by atoms with van der Waals surface area (Å²) in [6.45, 7) is 0. The number of carbonyl (C=O) groups is 1. The zero-order valence-electron chi connectivity index (χ0n) is 13.5. The Kier molecular flexibility index (Phi) is 3.36. The fourth-order valence-corrected chi connectivity index (χ4v) is 5.26. The van der Waals surface area contributed by atoms with Crippen LogP contribution in [0.5, 0.6) is 0 Å². The second-order valence-electron chi connectivity index (χ2n) is 6.85. The van der Waals surface area contributed by atoms with Gasteiger partial charge in [-0.3, -0.25) is 9.79 Å². The molecule has 0 radical (unpaired) electrons. The Morgan fingerprint density at radius 1 is 1.42 bits per heavy atom. The third-order valence-electron chi connectivity index (χ3n) is 5.25. The minimum atomic E-state index is -0.421. The van der Waals surface area contributed by atoms with Gasteiger partial charge in [-0.2, -0.15) is 0 Å². The van der Waals surface area contributed by atoms with Gasteiger partial charge in [0.25, 0.3) is 5.91 Å². The van der Waals surface area contributed by atoms with E-state index in [1.807, 2.05) is 6.07 Å². The maximum absolute atomic E-state index is 14.5. The van der Waals surface area contributed by atoms with Crippen LogP contribution < -0.4 is 11.1 Å². The zero-order chi connectivity index (χ0) is 18.1. The van der Waals surface area contributed by atoms with Gasteiger partial charge in [-0.15, -0.1) is 0 Å². The Morgan fingerprint density at radius 2 is 2.27 bits per heavy atom. The van der Waals surface area contributed by atoms with Gasteiger partial charge < -0.3 is 11.1 Å². The number of rotatable bonds is 2. The van der Waals surface area contributed by atoms with Crippen molar-refractivity contribution in [2.75, 3.05) is 5.32 Å². The lowest BCUT2D eigenvalue weighted by molar-refractivity contribution is 0.102. The van der Waals surface area contributed by atoms with Crippen molar-refractivity contribution in [3.63, 3.8) is 0 Å². The molecular formula is C18H14ClFN4OS. The maximum atomic E-state index is 14.5. The minimum Gasteiger partial charge on any atom is -0.379 e. The molecular weight excluding hydrogens is 375 g/mol. The number of thioether (sulfide) groups is 1. The molecule has 0 bridgehead atoms. The van der Waals surface area contributed by atoms with Crippen molar-refractivity contribution in [3.05, 3.63) is 58.1 Å². The lowest BCUT2D eigenvalue weighted by atomic mass is 9.67. The lowest BCUT2D eigenvalue weighted by Gasteiger charge is -2.43. The van der Waals surface area contributed by atoms with Gasteiger partial charge in [0.2, 0.25) is 0 Å². The highest BCUT2D eigenvalue weighted by Gasteiger charge is 2.62. The minimum absolute atomic E-state index is 0.214. The van der Waals surface area contributed by atoms with Crippen LogP contribution in [0, 0.1) is 11.7 Å². The maximum Gasteiger partial charge on any atom is 0.274 e. The Bertz CT molecular complexity index is 980. The molecule has 5 nitrogen and oxygen atoms in total. The monoisotopic (exact) mass is 388 g/mol. The number of aromatic nitrogens is 1. The molecule has 1 fully saturated rings. The molecule has 1 aromatic heterocycles. The summed E-state index contributed by atoms with van der Waals surface area (Å²) < 4.78 is 14.5. The SMILES string of the molecule is NC1=N[C@@]2(Cc3c(F)cc(NC(=O)c4ccc(Cl)cn4)cc32)[C@@H]2C[C@@H]2S1. The molecule has 2 heterocycles. The Morgan fingerprint density at radius 3 is 3.04 bits per heavy atom. The molecule has 0 unspecified atom stereocenters. The number of fused-ring (bicyclic) bond motifs is 4. The number of benzene rings is 1. The van der Waals surface area contributed by atoms with Crippen LogP contribution in [-0.4, -0.2) is 21.3 Å². The predicted molar refractivity (Wildman–Crippen MR) is 100 cm³/mol. The number of pyridine rings is 1. The summed E-state index contributed by atoms with van der Waals surface area (Å²) >= 11 is 7.39. The third-order valence-corrected chi connectivity index (χ3v) is 6.63.